The van der Waals surface area contributed by atoms with Crippen LogP contribution >= 0.6 is 11.6 Å². The second-order valence-corrected chi connectivity index (χ2v) is 6.07. The fourth-order valence-electron chi connectivity index (χ4n) is 2.52. The number of furan rings is 1. The number of carboxylic acid groups (broad SMARTS) is 1. The van der Waals surface area contributed by atoms with E-state index in [0.29, 0.717) is 0 Å². The minimum Gasteiger partial charge on any atom is -0.477 e. The van der Waals surface area contributed by atoms with Crippen LogP contribution in [0.2, 0.25) is 5.02 Å². The first-order valence-electron chi connectivity index (χ1n) is 7.94. The highest BCUT2D eigenvalue weighted by Crippen LogP contribution is 2.31. The second-order valence-electron chi connectivity index (χ2n) is 5.64. The van der Waals surface area contributed by atoms with Gasteiger partial charge in [0.25, 0.3) is 0 Å². The predicted octanol–water partition coefficient (Wildman–Crippen LogP) is 5.84. The van der Waals surface area contributed by atoms with Crippen LogP contribution in [0.4, 0.5) is 0 Å². The van der Waals surface area contributed by atoms with E-state index in [1.54, 1.807) is 12.1 Å². The van der Waals surface area contributed by atoms with Crippen molar-refractivity contribution in [3.63, 3.8) is 0 Å². The maximum absolute atomic E-state index is 10.1. The van der Waals surface area contributed by atoms with Crippen molar-refractivity contribution in [3.05, 3.63) is 89.2 Å². The molecule has 26 heavy (non-hydrogen) atoms. The van der Waals surface area contributed by atoms with Gasteiger partial charge in [-0.1, -0.05) is 48.0 Å². The highest BCUT2D eigenvalue weighted by molar-refractivity contribution is 6.31. The Morgan fingerprint density at radius 1 is 1.04 bits per heavy atom. The molecule has 2 aromatic carbocycles. The zero-order valence-corrected chi connectivity index (χ0v) is 14.8. The zero-order valence-electron chi connectivity index (χ0n) is 14.0. The van der Waals surface area contributed by atoms with Crippen LogP contribution in [0.3, 0.4) is 0 Å². The summed E-state index contributed by atoms with van der Waals surface area (Å²) in [5, 5.41) is 10.1. The van der Waals surface area contributed by atoms with Crippen molar-refractivity contribution in [2.45, 2.75) is 6.92 Å². The monoisotopic (exact) mass is 365 g/mol. The minimum absolute atomic E-state index is 0.0810. The van der Waals surface area contributed by atoms with Crippen molar-refractivity contribution >= 4 is 28.5 Å². The third-order valence-electron chi connectivity index (χ3n) is 3.71. The van der Waals surface area contributed by atoms with E-state index in [1.807, 2.05) is 55.5 Å². The molecule has 0 atom stereocenters. The molecule has 130 valence electrons. The largest absolute Gasteiger partial charge is 0.477 e. The number of fused-ring (bicyclic) bond motifs is 1. The van der Waals surface area contributed by atoms with Gasteiger partial charge in [-0.05, 0) is 42.8 Å². The summed E-state index contributed by atoms with van der Waals surface area (Å²) in [5.41, 5.74) is 3.14. The Balaban J connectivity index is 0.000000185. The Bertz CT molecular complexity index is 1030. The summed E-state index contributed by atoms with van der Waals surface area (Å²) in [5.74, 6) is -0.110. The number of hydrogen-bond donors (Lipinski definition) is 1. The molecule has 0 saturated heterocycles. The summed E-state index contributed by atoms with van der Waals surface area (Å²) in [7, 11) is 0. The van der Waals surface area contributed by atoms with Crippen LogP contribution in [-0.2, 0) is 0 Å². The average Bonchev–Trinajstić information content (AvgIpc) is 3.08. The van der Waals surface area contributed by atoms with Gasteiger partial charge < -0.3 is 9.52 Å². The first-order chi connectivity index (χ1) is 12.5. The van der Waals surface area contributed by atoms with Crippen molar-refractivity contribution in [1.29, 1.82) is 0 Å². The normalized spacial score (nSPS) is 10.2. The number of aryl methyl sites for hydroxylation is 1. The van der Waals surface area contributed by atoms with Gasteiger partial charge in [0.05, 0.1) is 0 Å². The molecule has 4 rings (SSSR count). The molecule has 0 aliphatic heterocycles. The molecule has 0 amide bonds. The Hall–Kier alpha value is -3.11. The lowest BCUT2D eigenvalue weighted by atomic mass is 10.1. The standard InChI is InChI=1S/C15H11ClO.C6H5NO2/c1-10-7-13(16)8-12-9-14(17-15(10)12)11-5-3-2-4-6-11;8-6(9)5-3-1-2-4-7-5/h2-9H,1H3;1-4H,(H,8,9). The maximum Gasteiger partial charge on any atom is 0.354 e. The quantitative estimate of drug-likeness (QED) is 0.484. The van der Waals surface area contributed by atoms with Gasteiger partial charge in [0.1, 0.15) is 17.0 Å². The fourth-order valence-corrected chi connectivity index (χ4v) is 2.80. The molecule has 0 unspecified atom stereocenters. The molecule has 0 aliphatic carbocycles. The molecule has 4 aromatic rings. The van der Waals surface area contributed by atoms with E-state index in [1.165, 1.54) is 12.3 Å². The van der Waals surface area contributed by atoms with Crippen LogP contribution in [-0.4, -0.2) is 16.1 Å². The number of aromatic carboxylic acids is 1. The van der Waals surface area contributed by atoms with E-state index >= 15 is 0 Å². The Labute approximate surface area is 155 Å². The number of halogens is 1. The van der Waals surface area contributed by atoms with Crippen LogP contribution in [0.1, 0.15) is 16.1 Å². The van der Waals surface area contributed by atoms with Gasteiger partial charge in [-0.3, -0.25) is 0 Å². The maximum atomic E-state index is 10.1. The van der Waals surface area contributed by atoms with Crippen molar-refractivity contribution in [2.24, 2.45) is 0 Å². The third-order valence-corrected chi connectivity index (χ3v) is 3.93. The van der Waals surface area contributed by atoms with Gasteiger partial charge in [-0.2, -0.15) is 0 Å². The summed E-state index contributed by atoms with van der Waals surface area (Å²) >= 11 is 6.04. The van der Waals surface area contributed by atoms with Crippen LogP contribution in [0, 0.1) is 6.92 Å². The van der Waals surface area contributed by atoms with Gasteiger partial charge in [-0.15, -0.1) is 0 Å². The van der Waals surface area contributed by atoms with Crippen LogP contribution in [0.5, 0.6) is 0 Å². The number of rotatable bonds is 2. The number of nitrogens with zero attached hydrogens (tertiary/aromatic N) is 1. The Morgan fingerprint density at radius 2 is 1.77 bits per heavy atom. The van der Waals surface area contributed by atoms with Gasteiger partial charge in [0.15, 0.2) is 0 Å². The number of carbonyl (C=O) groups is 1. The number of carboxylic acids is 1. The number of hydrogen-bond acceptors (Lipinski definition) is 3. The molecule has 0 saturated carbocycles. The second kappa shape index (κ2) is 7.85. The number of benzene rings is 2. The van der Waals surface area contributed by atoms with Gasteiger partial charge >= 0.3 is 5.97 Å². The number of aromatic nitrogens is 1. The minimum atomic E-state index is -0.990. The molecular weight excluding hydrogens is 350 g/mol. The topological polar surface area (TPSA) is 63.3 Å². The average molecular weight is 366 g/mol. The smallest absolute Gasteiger partial charge is 0.354 e. The predicted molar refractivity (Wildman–Crippen MR) is 103 cm³/mol. The lowest BCUT2D eigenvalue weighted by Crippen LogP contribution is -1.97. The molecule has 0 aliphatic rings. The summed E-state index contributed by atoms with van der Waals surface area (Å²) in [4.78, 5) is 13.7. The van der Waals surface area contributed by atoms with Crippen molar-refractivity contribution < 1.29 is 14.3 Å². The summed E-state index contributed by atoms with van der Waals surface area (Å²) in [6.07, 6.45) is 1.45. The first-order valence-corrected chi connectivity index (χ1v) is 8.32. The molecule has 0 bridgehead atoms. The summed E-state index contributed by atoms with van der Waals surface area (Å²) in [6, 6.07) is 20.7. The van der Waals surface area contributed by atoms with Crippen LogP contribution in [0.25, 0.3) is 22.3 Å². The molecule has 2 heterocycles. The molecule has 5 heteroatoms. The molecule has 0 spiro atoms. The SMILES string of the molecule is Cc1cc(Cl)cc2cc(-c3ccccc3)oc12.O=C(O)c1ccccn1. The fraction of sp³-hybridized carbons (Fsp3) is 0.0476. The number of pyridine rings is 1. The lowest BCUT2D eigenvalue weighted by Gasteiger charge is -1.96. The lowest BCUT2D eigenvalue weighted by molar-refractivity contribution is 0.0690. The summed E-state index contributed by atoms with van der Waals surface area (Å²) in [6.45, 7) is 2.01. The first kappa shape index (κ1) is 17.7. The van der Waals surface area contributed by atoms with E-state index < -0.39 is 5.97 Å². The van der Waals surface area contributed by atoms with E-state index in [2.05, 4.69) is 4.98 Å². The highest BCUT2D eigenvalue weighted by Gasteiger charge is 2.08. The van der Waals surface area contributed by atoms with Crippen molar-refractivity contribution in [2.75, 3.05) is 0 Å². The van der Waals surface area contributed by atoms with Crippen LogP contribution < -0.4 is 0 Å². The van der Waals surface area contributed by atoms with E-state index in [-0.39, 0.29) is 5.69 Å². The molecular formula is C21H16ClNO3. The van der Waals surface area contributed by atoms with E-state index in [9.17, 15) is 4.79 Å². The van der Waals surface area contributed by atoms with Crippen LogP contribution in [0.15, 0.2) is 77.3 Å². The third kappa shape index (κ3) is 4.10. The molecule has 4 nitrogen and oxygen atoms in total. The highest BCUT2D eigenvalue weighted by atomic mass is 35.5. The zero-order chi connectivity index (χ0) is 18.5. The van der Waals surface area contributed by atoms with Crippen molar-refractivity contribution in [1.82, 2.24) is 4.98 Å². The summed E-state index contributed by atoms with van der Waals surface area (Å²) < 4.78 is 5.88. The molecule has 0 radical (unpaired) electrons. The van der Waals surface area contributed by atoms with Gasteiger partial charge in [0, 0.05) is 22.2 Å². The Kier molecular flexibility index (Phi) is 5.34. The van der Waals surface area contributed by atoms with Crippen molar-refractivity contribution in [3.8, 4) is 11.3 Å². The molecule has 0 fully saturated rings. The molecule has 1 N–H and O–H groups in total. The van der Waals surface area contributed by atoms with E-state index in [4.69, 9.17) is 21.1 Å². The Morgan fingerprint density at radius 3 is 2.38 bits per heavy atom. The molecule has 2 aromatic heterocycles. The van der Waals surface area contributed by atoms with Gasteiger partial charge in [-0.25, -0.2) is 9.78 Å². The van der Waals surface area contributed by atoms with E-state index in [0.717, 1.165) is 32.9 Å². The van der Waals surface area contributed by atoms with Gasteiger partial charge in [0.2, 0.25) is 0 Å².